The fourth-order valence-electron chi connectivity index (χ4n) is 9.08. The van der Waals surface area contributed by atoms with Crippen molar-refractivity contribution in [3.8, 4) is 154 Å². The molecule has 758 valence electrons. The Morgan fingerprint density at radius 1 is 0.303 bits per heavy atom. The van der Waals surface area contributed by atoms with Crippen molar-refractivity contribution < 1.29 is 40.2 Å². The van der Waals surface area contributed by atoms with E-state index in [0.29, 0.717) is 85.9 Å². The fraction of sp³-hybridized carbons (Fsp3) is 0.328. The molecule has 11 rings (SSSR count). The van der Waals surface area contributed by atoms with Gasteiger partial charge in [-0.15, -0.1) is 12.3 Å². The van der Waals surface area contributed by atoms with Gasteiger partial charge in [0.2, 0.25) is 0 Å². The van der Waals surface area contributed by atoms with Gasteiger partial charge in [-0.05, 0) is 219 Å². The van der Waals surface area contributed by atoms with Crippen LogP contribution >= 0.6 is 46.4 Å². The molecule has 0 aliphatic heterocycles. The first-order valence-electron chi connectivity index (χ1n) is 47.5. The van der Waals surface area contributed by atoms with E-state index in [1.807, 2.05) is 198 Å². The van der Waals surface area contributed by atoms with Crippen LogP contribution in [0.1, 0.15) is 252 Å². The summed E-state index contributed by atoms with van der Waals surface area (Å²) in [6, 6.07) is 56.8. The van der Waals surface area contributed by atoms with Crippen molar-refractivity contribution >= 4 is 46.4 Å². The summed E-state index contributed by atoms with van der Waals surface area (Å²) >= 11 is 23.1. The van der Waals surface area contributed by atoms with Crippen LogP contribution in [0, 0.1) is 244 Å². The van der Waals surface area contributed by atoms with Gasteiger partial charge in [-0.25, -0.2) is 17.6 Å². The lowest BCUT2D eigenvalue weighted by Crippen LogP contribution is -2.07. The molecule has 0 unspecified atom stereocenters. The van der Waals surface area contributed by atoms with E-state index in [0.717, 1.165) is 103 Å². The zero-order valence-corrected chi connectivity index (χ0v) is 91.7. The second-order valence-electron chi connectivity index (χ2n) is 35.4. The van der Waals surface area contributed by atoms with Gasteiger partial charge in [0.15, 0.2) is 23.2 Å². The van der Waals surface area contributed by atoms with E-state index in [-0.39, 0.29) is 29.2 Å². The summed E-state index contributed by atoms with van der Waals surface area (Å²) in [6.07, 6.45) is 12.4. The number of methoxy groups -OCH3 is 2. The molecular formula is C128H137Cl4F7N4O2. The maximum atomic E-state index is 13.2. The minimum absolute atomic E-state index is 0.187. The van der Waals surface area contributed by atoms with Gasteiger partial charge in [0.25, 0.3) is 0 Å². The Hall–Kier alpha value is -13.9. The third-order valence-corrected chi connectivity index (χ3v) is 17.5. The molecule has 0 spiro atoms. The van der Waals surface area contributed by atoms with Crippen LogP contribution in [0.5, 0.6) is 11.5 Å². The lowest BCUT2D eigenvalue weighted by molar-refractivity contribution is -0.141. The van der Waals surface area contributed by atoms with Crippen LogP contribution in [-0.2, 0) is 6.18 Å². The Labute approximate surface area is 885 Å². The van der Waals surface area contributed by atoms with Gasteiger partial charge in [-0.1, -0.05) is 343 Å². The first-order chi connectivity index (χ1) is 68.5. The molecule has 0 bridgehead atoms. The molecule has 7 aromatic carbocycles. The van der Waals surface area contributed by atoms with Crippen LogP contribution in [0.4, 0.5) is 30.7 Å². The molecule has 0 amide bonds. The van der Waals surface area contributed by atoms with E-state index in [2.05, 4.69) is 253 Å². The molecule has 11 aromatic rings. The second kappa shape index (κ2) is 77.7. The molecule has 0 aliphatic carbocycles. The summed E-state index contributed by atoms with van der Waals surface area (Å²) in [5.41, 5.74) is 9.70. The van der Waals surface area contributed by atoms with Crippen LogP contribution in [0.15, 0.2) is 237 Å². The average Bonchev–Trinajstić information content (AvgIpc) is 0.854. The number of aromatic nitrogens is 4. The molecule has 0 saturated heterocycles. The SMILES string of the molecule is C#CCC(C)C.CC(C)C#Cc1ccc(C(F)(F)F)nc1.CC(C)C#Cc1ccc(Cl)c(Cl)c1.CC(C)C#Cc1ccc(Cl)cc1.CC(C)C#Cc1ccc(F)c(F)c1.CC(C)C#Cc1ccc(F)cc1.CC(C)C#Cc1cccnc1.CC(C)C#Cc1ccncc1.CC(C)CC#Cc1ccc(Cl)cc1.COc1ccc(C#CC(C)C)cc1.COc1ccc(C#CC(C)C)cc1F.Cc1ccc(C#CC(C)C)cn1. The number of aryl methyl sites for hydroxylation is 1. The van der Waals surface area contributed by atoms with Gasteiger partial charge < -0.3 is 9.47 Å². The van der Waals surface area contributed by atoms with Gasteiger partial charge in [0.05, 0.1) is 24.3 Å². The highest BCUT2D eigenvalue weighted by atomic mass is 35.5. The van der Waals surface area contributed by atoms with Gasteiger partial charge in [-0.3, -0.25) is 19.9 Å². The van der Waals surface area contributed by atoms with Gasteiger partial charge in [0, 0.05) is 186 Å². The first-order valence-corrected chi connectivity index (χ1v) is 49.0. The predicted octanol–water partition coefficient (Wildman–Crippen LogP) is 33.8. The quantitative estimate of drug-likeness (QED) is 0.129. The normalized spacial score (nSPS) is 9.50. The highest BCUT2D eigenvalue weighted by Gasteiger charge is 2.32. The van der Waals surface area contributed by atoms with E-state index >= 15 is 0 Å². The van der Waals surface area contributed by atoms with E-state index in [1.54, 1.807) is 68.3 Å². The Bertz CT molecular complexity index is 6080. The van der Waals surface area contributed by atoms with E-state index in [1.165, 1.54) is 37.4 Å². The third-order valence-electron chi connectivity index (χ3n) is 16.2. The summed E-state index contributed by atoms with van der Waals surface area (Å²) in [4.78, 5) is 15.3. The van der Waals surface area contributed by atoms with Crippen molar-refractivity contribution in [1.29, 1.82) is 0 Å². The van der Waals surface area contributed by atoms with Crippen LogP contribution in [-0.4, -0.2) is 34.2 Å². The minimum Gasteiger partial charge on any atom is -0.497 e. The smallest absolute Gasteiger partial charge is 0.433 e. The summed E-state index contributed by atoms with van der Waals surface area (Å²) in [5.74, 6) is 72.3. The topological polar surface area (TPSA) is 70.0 Å². The molecule has 145 heavy (non-hydrogen) atoms. The monoisotopic (exact) mass is 2030 g/mol. The van der Waals surface area contributed by atoms with Crippen LogP contribution in [0.3, 0.4) is 0 Å². The number of terminal acetylenes is 1. The lowest BCUT2D eigenvalue weighted by atomic mass is 10.1. The third kappa shape index (κ3) is 73.8. The van der Waals surface area contributed by atoms with E-state index < -0.39 is 23.5 Å². The predicted molar refractivity (Wildman–Crippen MR) is 597 cm³/mol. The number of rotatable bonds is 4. The van der Waals surface area contributed by atoms with Crippen molar-refractivity contribution in [2.24, 2.45) is 71.0 Å². The number of hydrogen-bond donors (Lipinski definition) is 0. The Balaban J connectivity index is 0.00000157. The number of hydrogen-bond acceptors (Lipinski definition) is 6. The number of pyridine rings is 4. The molecule has 0 saturated carbocycles. The molecular weight excluding hydrogens is 1900 g/mol. The van der Waals surface area contributed by atoms with Crippen LogP contribution < -0.4 is 9.47 Å². The Kier molecular flexibility index (Phi) is 70.3. The molecule has 0 aliphatic rings. The van der Waals surface area contributed by atoms with Crippen LogP contribution in [0.25, 0.3) is 0 Å². The number of alkyl halides is 3. The number of nitrogens with zero attached hydrogens (tertiary/aromatic N) is 4. The molecule has 6 nitrogen and oxygen atoms in total. The lowest BCUT2D eigenvalue weighted by Gasteiger charge is -2.04. The first kappa shape index (κ1) is 131. The van der Waals surface area contributed by atoms with Crippen LogP contribution in [0.2, 0.25) is 20.1 Å². The van der Waals surface area contributed by atoms with Gasteiger partial charge in [0.1, 0.15) is 17.3 Å². The summed E-state index contributed by atoms with van der Waals surface area (Å²) in [7, 11) is 3.10. The van der Waals surface area contributed by atoms with Gasteiger partial charge in [-0.2, -0.15) is 13.2 Å². The fourth-order valence-corrected chi connectivity index (χ4v) is 9.63. The maximum absolute atomic E-state index is 13.2. The second-order valence-corrected chi connectivity index (χ2v) is 37.1. The average molecular weight is 2040 g/mol. The molecule has 0 N–H and O–H groups in total. The van der Waals surface area contributed by atoms with Crippen molar-refractivity contribution in [2.45, 2.75) is 192 Å². The maximum Gasteiger partial charge on any atom is 0.433 e. The molecule has 4 heterocycles. The summed E-state index contributed by atoms with van der Waals surface area (Å²) in [6.45, 7) is 51.1. The largest absolute Gasteiger partial charge is 0.497 e. The van der Waals surface area contributed by atoms with Crippen molar-refractivity contribution in [2.75, 3.05) is 14.2 Å². The highest BCUT2D eigenvalue weighted by Crippen LogP contribution is 2.28. The number of halogens is 11. The minimum atomic E-state index is -4.38. The van der Waals surface area contributed by atoms with Crippen molar-refractivity contribution in [1.82, 2.24) is 19.9 Å². The zero-order chi connectivity index (χ0) is 109. The van der Waals surface area contributed by atoms with Crippen molar-refractivity contribution in [3.63, 3.8) is 0 Å². The molecule has 4 aromatic heterocycles. The van der Waals surface area contributed by atoms with E-state index in [9.17, 15) is 30.7 Å². The van der Waals surface area contributed by atoms with Crippen molar-refractivity contribution in [3.05, 3.63) is 353 Å². The van der Waals surface area contributed by atoms with E-state index in [4.69, 9.17) is 62.3 Å². The summed E-state index contributed by atoms with van der Waals surface area (Å²) < 4.78 is 97.0. The summed E-state index contributed by atoms with van der Waals surface area (Å²) in [5, 5.41) is 2.63. The Morgan fingerprint density at radius 3 is 0.959 bits per heavy atom. The molecule has 0 fully saturated rings. The molecule has 0 radical (unpaired) electrons. The molecule has 0 atom stereocenters. The molecule has 17 heteroatoms. The number of benzene rings is 7. The number of ether oxygens (including phenoxy) is 2. The van der Waals surface area contributed by atoms with Gasteiger partial charge >= 0.3 is 6.18 Å². The highest BCUT2D eigenvalue weighted by molar-refractivity contribution is 6.42. The Morgan fingerprint density at radius 2 is 0.634 bits per heavy atom. The standard InChI is InChI=1S/C12H13Cl.C12H13FO.C12H14O.C11H10Cl2.C11H11Cl.C11H10F3N.C11H10F2.C11H11F.C11H13N.2C10H11N.C6H10/c1-10(2)4-3-5-11-6-8-12(13)9-7-11;1-9(2)4-5-10-6-7-12(14-3)11(13)8-10;1-10(2)4-5-11-6-8-12(13-3)9-7-11;1-8(2)3-4-9-5-6-10(12)11(13)7-9;1-9(2)3-4-10-5-7-11(12)8-6-10;1-8(2)3-4-9-5-6-10(15-7-9)11(12,13)14;1-8(2)3-4-9-5-6-10(12)11(13)7-9;1-9(2)3-4-10-5-7-11(12)8-6-10;1-9(2)4-6-11-7-5-10(3)12-8-11;1-9(2)3-4-10-5-7-11-8-6-10;1-9(2)5-6-10-4-3-7-11-8-10;1-4-5-6(2)3/h6-10H,4H2,1-2H3;6-9H,1-3H3;6-10H,1-3H3;5-8H,1-2H3;5-9H,1-2H3;5-8H,1-2H3;5-8H,1-2H3;5-9H,1-2H3;5,7-9H,1-3H3;5-9H,1-2H3;3-4,7-9H,1-2H3;1,6H,5H2,2-3H3. The zero-order valence-electron chi connectivity index (χ0n) is 88.7.